The maximum Gasteiger partial charge on any atom is 0.123 e. The van der Waals surface area contributed by atoms with Gasteiger partial charge in [-0.15, -0.1) is 0 Å². The molecule has 0 radical (unpaired) electrons. The molecular weight excluding hydrogens is 283 g/mol. The highest BCUT2D eigenvalue weighted by Crippen LogP contribution is 2.21. The molecule has 0 bridgehead atoms. The number of anilines is 1. The van der Waals surface area contributed by atoms with Crippen LogP contribution in [-0.2, 0) is 6.54 Å². The molecule has 21 heavy (non-hydrogen) atoms. The fourth-order valence-electron chi connectivity index (χ4n) is 2.35. The Hall–Kier alpha value is -1.94. The van der Waals surface area contributed by atoms with Crippen molar-refractivity contribution in [3.05, 3.63) is 65.0 Å². The number of rotatable bonds is 5. The lowest BCUT2D eigenvalue weighted by Gasteiger charge is -2.25. The number of aryl methyl sites for hydroxylation is 1. The van der Waals surface area contributed by atoms with Crippen molar-refractivity contribution in [1.82, 2.24) is 0 Å². The minimum absolute atomic E-state index is 0.273. The summed E-state index contributed by atoms with van der Waals surface area (Å²) in [7, 11) is 0. The van der Waals surface area contributed by atoms with E-state index in [2.05, 4.69) is 36.9 Å². The van der Waals surface area contributed by atoms with Crippen LogP contribution in [0.5, 0.6) is 0 Å². The van der Waals surface area contributed by atoms with Crippen molar-refractivity contribution < 1.29 is 4.39 Å². The van der Waals surface area contributed by atoms with Crippen LogP contribution in [0.1, 0.15) is 23.6 Å². The van der Waals surface area contributed by atoms with Crippen LogP contribution in [-0.4, -0.2) is 11.5 Å². The zero-order valence-corrected chi connectivity index (χ0v) is 13.1. The lowest BCUT2D eigenvalue weighted by Crippen LogP contribution is -2.24. The van der Waals surface area contributed by atoms with Crippen LogP contribution in [0, 0.1) is 12.7 Å². The van der Waals surface area contributed by atoms with Crippen molar-refractivity contribution in [2.45, 2.75) is 20.4 Å². The molecule has 0 aliphatic heterocycles. The summed E-state index contributed by atoms with van der Waals surface area (Å²) < 4.78 is 13.5. The van der Waals surface area contributed by atoms with Gasteiger partial charge in [-0.25, -0.2) is 4.39 Å². The van der Waals surface area contributed by atoms with Crippen molar-refractivity contribution in [3.63, 3.8) is 0 Å². The highest BCUT2D eigenvalue weighted by Gasteiger charge is 2.11. The fraction of sp³-hybridized carbons (Fsp3) is 0.235. The Kier molecular flexibility index (Phi) is 4.91. The molecule has 0 unspecified atom stereocenters. The molecule has 110 valence electrons. The molecule has 2 N–H and O–H groups in total. The van der Waals surface area contributed by atoms with Gasteiger partial charge in [0.05, 0.1) is 0 Å². The summed E-state index contributed by atoms with van der Waals surface area (Å²) in [4.78, 5) is 2.47. The lowest BCUT2D eigenvalue weighted by molar-refractivity contribution is 0.624. The molecule has 0 saturated carbocycles. The van der Waals surface area contributed by atoms with Crippen LogP contribution in [0.4, 0.5) is 10.1 Å². The van der Waals surface area contributed by atoms with E-state index in [1.54, 1.807) is 6.07 Å². The molecule has 0 atom stereocenters. The van der Waals surface area contributed by atoms with E-state index in [-0.39, 0.29) is 5.82 Å². The minimum Gasteiger partial charge on any atom is -0.389 e. The summed E-state index contributed by atoms with van der Waals surface area (Å²) in [5.74, 6) is -0.273. The van der Waals surface area contributed by atoms with Crippen molar-refractivity contribution in [1.29, 1.82) is 0 Å². The van der Waals surface area contributed by atoms with Gasteiger partial charge in [0.25, 0.3) is 0 Å². The molecule has 0 aliphatic carbocycles. The molecule has 0 spiro atoms. The number of benzene rings is 2. The molecule has 0 heterocycles. The Labute approximate surface area is 130 Å². The summed E-state index contributed by atoms with van der Waals surface area (Å²) in [6.45, 7) is 5.52. The van der Waals surface area contributed by atoms with Gasteiger partial charge in [-0.2, -0.15) is 0 Å². The van der Waals surface area contributed by atoms with E-state index in [0.29, 0.717) is 11.5 Å². The molecule has 4 heteroatoms. The summed E-state index contributed by atoms with van der Waals surface area (Å²) in [5, 5.41) is 0. The van der Waals surface area contributed by atoms with Gasteiger partial charge in [-0.3, -0.25) is 0 Å². The average Bonchev–Trinajstić information content (AvgIpc) is 2.44. The van der Waals surface area contributed by atoms with E-state index in [9.17, 15) is 4.39 Å². The number of nitrogens with zero attached hydrogens (tertiary/aromatic N) is 1. The Bertz CT molecular complexity index is 655. The van der Waals surface area contributed by atoms with E-state index < -0.39 is 0 Å². The number of thiocarbonyl (C=S) groups is 1. The predicted octanol–water partition coefficient (Wildman–Crippen LogP) is 3.79. The van der Waals surface area contributed by atoms with Gasteiger partial charge >= 0.3 is 0 Å². The van der Waals surface area contributed by atoms with Crippen molar-refractivity contribution >= 4 is 22.9 Å². The van der Waals surface area contributed by atoms with Gasteiger partial charge in [0.15, 0.2) is 0 Å². The van der Waals surface area contributed by atoms with Crippen LogP contribution in [0.25, 0.3) is 0 Å². The Morgan fingerprint density at radius 2 is 2.00 bits per heavy atom. The first-order valence-corrected chi connectivity index (χ1v) is 7.32. The molecule has 2 aromatic carbocycles. The topological polar surface area (TPSA) is 29.3 Å². The van der Waals surface area contributed by atoms with Gasteiger partial charge in [-0.1, -0.05) is 24.4 Å². The Morgan fingerprint density at radius 1 is 1.24 bits per heavy atom. The normalized spacial score (nSPS) is 10.4. The molecular formula is C17H19FN2S. The van der Waals surface area contributed by atoms with Gasteiger partial charge in [-0.05, 0) is 55.3 Å². The van der Waals surface area contributed by atoms with Crippen LogP contribution in [0.2, 0.25) is 0 Å². The third-order valence-electron chi connectivity index (χ3n) is 3.44. The van der Waals surface area contributed by atoms with E-state index in [0.717, 1.165) is 23.4 Å². The molecule has 0 amide bonds. The standard InChI is InChI=1S/C17H19FN2S/c1-3-20(15-6-4-5-12(2)9-15)11-13-10-14(18)7-8-16(13)17(19)21/h4-10H,3,11H2,1-2H3,(H2,19,21). The Balaban J connectivity index is 2.34. The van der Waals surface area contributed by atoms with Crippen LogP contribution in [0.3, 0.4) is 0 Å². The molecule has 0 saturated heterocycles. The first-order valence-electron chi connectivity index (χ1n) is 6.91. The van der Waals surface area contributed by atoms with E-state index in [4.69, 9.17) is 18.0 Å². The van der Waals surface area contributed by atoms with Gasteiger partial charge in [0, 0.05) is 24.3 Å². The fourth-order valence-corrected chi connectivity index (χ4v) is 2.55. The summed E-state index contributed by atoms with van der Waals surface area (Å²) >= 11 is 5.06. The largest absolute Gasteiger partial charge is 0.389 e. The average molecular weight is 302 g/mol. The number of halogens is 1. The second-order valence-corrected chi connectivity index (χ2v) is 5.46. The zero-order valence-electron chi connectivity index (χ0n) is 12.3. The zero-order chi connectivity index (χ0) is 15.4. The third-order valence-corrected chi connectivity index (χ3v) is 3.66. The predicted molar refractivity (Wildman–Crippen MR) is 90.2 cm³/mol. The summed E-state index contributed by atoms with van der Waals surface area (Å²) in [6, 6.07) is 12.8. The highest BCUT2D eigenvalue weighted by molar-refractivity contribution is 7.80. The highest BCUT2D eigenvalue weighted by atomic mass is 32.1. The van der Waals surface area contributed by atoms with Crippen molar-refractivity contribution in [2.75, 3.05) is 11.4 Å². The minimum atomic E-state index is -0.273. The molecule has 0 aliphatic rings. The Morgan fingerprint density at radius 3 is 2.62 bits per heavy atom. The van der Waals surface area contributed by atoms with E-state index in [1.807, 2.05) is 6.07 Å². The molecule has 2 aromatic rings. The molecule has 0 aromatic heterocycles. The molecule has 2 rings (SSSR count). The van der Waals surface area contributed by atoms with Crippen molar-refractivity contribution in [3.8, 4) is 0 Å². The summed E-state index contributed by atoms with van der Waals surface area (Å²) in [5.41, 5.74) is 9.58. The van der Waals surface area contributed by atoms with Crippen LogP contribution in [0.15, 0.2) is 42.5 Å². The van der Waals surface area contributed by atoms with Crippen LogP contribution >= 0.6 is 12.2 Å². The number of nitrogens with two attached hydrogens (primary N) is 1. The monoisotopic (exact) mass is 302 g/mol. The second kappa shape index (κ2) is 6.68. The SMILES string of the molecule is CCN(Cc1cc(F)ccc1C(N)=S)c1cccc(C)c1. The molecule has 2 nitrogen and oxygen atoms in total. The van der Waals surface area contributed by atoms with Crippen LogP contribution < -0.4 is 10.6 Å². The molecule has 0 fully saturated rings. The second-order valence-electron chi connectivity index (χ2n) is 5.02. The maximum atomic E-state index is 13.5. The van der Waals surface area contributed by atoms with E-state index in [1.165, 1.54) is 17.7 Å². The van der Waals surface area contributed by atoms with Gasteiger partial charge < -0.3 is 10.6 Å². The quantitative estimate of drug-likeness (QED) is 0.852. The van der Waals surface area contributed by atoms with Gasteiger partial charge in [0.1, 0.15) is 10.8 Å². The van der Waals surface area contributed by atoms with E-state index >= 15 is 0 Å². The number of hydrogen-bond acceptors (Lipinski definition) is 2. The van der Waals surface area contributed by atoms with Crippen molar-refractivity contribution in [2.24, 2.45) is 5.73 Å². The van der Waals surface area contributed by atoms with Gasteiger partial charge in [0.2, 0.25) is 0 Å². The third kappa shape index (κ3) is 3.79. The summed E-state index contributed by atoms with van der Waals surface area (Å²) in [6.07, 6.45) is 0. The maximum absolute atomic E-state index is 13.5. The first kappa shape index (κ1) is 15.4. The first-order chi connectivity index (χ1) is 10.0. The lowest BCUT2D eigenvalue weighted by atomic mass is 10.1. The number of hydrogen-bond donors (Lipinski definition) is 1. The smallest absolute Gasteiger partial charge is 0.123 e.